The molecule has 32 heavy (non-hydrogen) atoms. The van der Waals surface area contributed by atoms with Crippen LogP contribution in [0.3, 0.4) is 0 Å². The highest BCUT2D eigenvalue weighted by atomic mass is 16.6. The van der Waals surface area contributed by atoms with Crippen molar-refractivity contribution < 1.29 is 14.3 Å². The highest BCUT2D eigenvalue weighted by Crippen LogP contribution is 2.26. The van der Waals surface area contributed by atoms with Gasteiger partial charge in [-0.05, 0) is 52.9 Å². The second-order valence-corrected chi connectivity index (χ2v) is 9.63. The van der Waals surface area contributed by atoms with E-state index < -0.39 is 5.60 Å². The van der Waals surface area contributed by atoms with Gasteiger partial charge in [-0.2, -0.15) is 0 Å². The molecule has 2 aliphatic heterocycles. The van der Waals surface area contributed by atoms with Crippen LogP contribution >= 0.6 is 0 Å². The minimum Gasteiger partial charge on any atom is -0.444 e. The number of hydrogen-bond donors (Lipinski definition) is 1. The van der Waals surface area contributed by atoms with Crippen LogP contribution in [-0.2, 0) is 9.53 Å². The monoisotopic (exact) mass is 446 g/mol. The van der Waals surface area contributed by atoms with Gasteiger partial charge in [-0.1, -0.05) is 0 Å². The summed E-state index contributed by atoms with van der Waals surface area (Å²) in [6.07, 6.45) is 4.99. The molecule has 178 valence electrons. The summed E-state index contributed by atoms with van der Waals surface area (Å²) in [4.78, 5) is 39.6. The topological polar surface area (TPSA) is 90.9 Å². The zero-order valence-corrected chi connectivity index (χ0v) is 20.0. The molecule has 2 aliphatic rings. The average molecular weight is 447 g/mol. The van der Waals surface area contributed by atoms with Crippen LogP contribution in [0.5, 0.6) is 0 Å². The fourth-order valence-corrected chi connectivity index (χ4v) is 4.26. The number of piperazine rings is 1. The Kier molecular flexibility index (Phi) is 8.15. The number of nitrogens with one attached hydrogen (secondary N) is 1. The lowest BCUT2D eigenvalue weighted by Crippen LogP contribution is -2.51. The Hall–Kier alpha value is -2.58. The zero-order valence-electron chi connectivity index (χ0n) is 20.0. The van der Waals surface area contributed by atoms with E-state index in [1.807, 2.05) is 38.7 Å². The van der Waals surface area contributed by atoms with Gasteiger partial charge in [0.15, 0.2) is 0 Å². The van der Waals surface area contributed by atoms with Gasteiger partial charge in [-0.3, -0.25) is 4.79 Å². The highest BCUT2D eigenvalue weighted by Gasteiger charge is 2.28. The summed E-state index contributed by atoms with van der Waals surface area (Å²) in [6, 6.07) is 2.00. The van der Waals surface area contributed by atoms with E-state index in [0.29, 0.717) is 38.5 Å². The first kappa shape index (κ1) is 24.1. The van der Waals surface area contributed by atoms with Crippen LogP contribution in [-0.4, -0.2) is 83.2 Å². The van der Waals surface area contributed by atoms with Crippen molar-refractivity contribution in [1.29, 1.82) is 0 Å². The molecule has 1 atom stereocenters. The van der Waals surface area contributed by atoms with Crippen molar-refractivity contribution >= 4 is 23.6 Å². The molecule has 0 aromatic carbocycles. The Bertz CT molecular complexity index is 773. The van der Waals surface area contributed by atoms with Gasteiger partial charge in [0.1, 0.15) is 23.6 Å². The molecule has 0 saturated carbocycles. The van der Waals surface area contributed by atoms with E-state index in [2.05, 4.69) is 20.2 Å². The molecule has 0 unspecified atom stereocenters. The fourth-order valence-electron chi connectivity index (χ4n) is 4.26. The normalized spacial score (nSPS) is 19.6. The van der Waals surface area contributed by atoms with Crippen LogP contribution in [0.4, 0.5) is 16.4 Å². The van der Waals surface area contributed by atoms with Crippen molar-refractivity contribution in [2.75, 3.05) is 56.0 Å². The summed E-state index contributed by atoms with van der Waals surface area (Å²) in [7, 11) is 0. The fraction of sp³-hybridized carbons (Fsp3) is 0.739. The maximum Gasteiger partial charge on any atom is 0.410 e. The van der Waals surface area contributed by atoms with Gasteiger partial charge in [0, 0.05) is 58.3 Å². The van der Waals surface area contributed by atoms with Gasteiger partial charge in [-0.15, -0.1) is 0 Å². The Morgan fingerprint density at radius 1 is 1.12 bits per heavy atom. The first-order valence-electron chi connectivity index (χ1n) is 11.8. The number of piperidine rings is 1. The molecule has 0 radical (unpaired) electrons. The summed E-state index contributed by atoms with van der Waals surface area (Å²) in [5.74, 6) is 2.46. The molecule has 2 amide bonds. The summed E-state index contributed by atoms with van der Waals surface area (Å²) < 4.78 is 5.43. The van der Waals surface area contributed by atoms with Crippen LogP contribution < -0.4 is 10.2 Å². The first-order chi connectivity index (χ1) is 15.2. The van der Waals surface area contributed by atoms with Gasteiger partial charge >= 0.3 is 6.09 Å². The molecule has 0 bridgehead atoms. The summed E-state index contributed by atoms with van der Waals surface area (Å²) in [5.41, 5.74) is -0.502. The minimum atomic E-state index is -0.502. The number of carbonyl (C=O) groups excluding carboxylic acids is 2. The van der Waals surface area contributed by atoms with Crippen molar-refractivity contribution in [3.8, 4) is 0 Å². The van der Waals surface area contributed by atoms with Crippen molar-refractivity contribution in [3.05, 3.63) is 12.4 Å². The van der Waals surface area contributed by atoms with Gasteiger partial charge in [-0.25, -0.2) is 14.8 Å². The van der Waals surface area contributed by atoms with Crippen molar-refractivity contribution in [3.63, 3.8) is 0 Å². The van der Waals surface area contributed by atoms with E-state index in [-0.39, 0.29) is 12.0 Å². The van der Waals surface area contributed by atoms with Crippen LogP contribution in [0, 0.1) is 5.92 Å². The Morgan fingerprint density at radius 2 is 1.84 bits per heavy atom. The Labute approximate surface area is 191 Å². The number of rotatable bonds is 6. The number of carbonyl (C=O) groups is 2. The quantitative estimate of drug-likeness (QED) is 0.718. The molecule has 3 heterocycles. The van der Waals surface area contributed by atoms with Crippen molar-refractivity contribution in [1.82, 2.24) is 19.8 Å². The van der Waals surface area contributed by atoms with Crippen molar-refractivity contribution in [2.24, 2.45) is 5.92 Å². The largest absolute Gasteiger partial charge is 0.444 e. The Balaban J connectivity index is 1.43. The summed E-state index contributed by atoms with van der Waals surface area (Å²) in [6.45, 7) is 12.6. The van der Waals surface area contributed by atoms with Crippen LogP contribution in [0.15, 0.2) is 12.4 Å². The summed E-state index contributed by atoms with van der Waals surface area (Å²) >= 11 is 0. The molecule has 1 aromatic heterocycles. The van der Waals surface area contributed by atoms with Crippen molar-refractivity contribution in [2.45, 2.75) is 59.0 Å². The third-order valence-electron chi connectivity index (χ3n) is 5.90. The molecule has 9 heteroatoms. The van der Waals surface area contributed by atoms with E-state index in [1.165, 1.54) is 0 Å². The molecule has 0 spiro atoms. The summed E-state index contributed by atoms with van der Waals surface area (Å²) in [5, 5.41) is 3.24. The van der Waals surface area contributed by atoms with Gasteiger partial charge in [0.25, 0.3) is 0 Å². The SMILES string of the molecule is CCNc1cc(N2CCC[C@H](CCC(=O)N3CCN(C(=O)OC(C)(C)C)CC3)C2)ncn1. The molecule has 2 saturated heterocycles. The number of anilines is 2. The molecule has 3 rings (SSSR count). The van der Waals surface area contributed by atoms with E-state index in [9.17, 15) is 9.59 Å². The minimum absolute atomic E-state index is 0.183. The van der Waals surface area contributed by atoms with E-state index in [4.69, 9.17) is 4.74 Å². The second kappa shape index (κ2) is 10.8. The van der Waals surface area contributed by atoms with Crippen LogP contribution in [0.1, 0.15) is 53.4 Å². The molecular formula is C23H38N6O3. The molecule has 2 fully saturated rings. The number of aromatic nitrogens is 2. The van der Waals surface area contributed by atoms with Crippen LogP contribution in [0.2, 0.25) is 0 Å². The standard InChI is InChI=1S/C23H38N6O3/c1-5-24-19-15-20(26-17-25-19)29-10-6-7-18(16-29)8-9-21(30)27-11-13-28(14-12-27)22(31)32-23(2,3)4/h15,17-18H,5-14,16H2,1-4H3,(H,24,25,26)/t18-/m1/s1. The zero-order chi connectivity index (χ0) is 23.1. The van der Waals surface area contributed by atoms with E-state index in [0.717, 1.165) is 50.5 Å². The highest BCUT2D eigenvalue weighted by molar-refractivity contribution is 5.76. The molecule has 9 nitrogen and oxygen atoms in total. The third kappa shape index (κ3) is 6.97. The van der Waals surface area contributed by atoms with Crippen LogP contribution in [0.25, 0.3) is 0 Å². The number of hydrogen-bond acceptors (Lipinski definition) is 7. The number of amides is 2. The second-order valence-electron chi connectivity index (χ2n) is 9.63. The number of ether oxygens (including phenoxy) is 1. The predicted octanol–water partition coefficient (Wildman–Crippen LogP) is 2.98. The van der Waals surface area contributed by atoms with Gasteiger partial charge in [0.05, 0.1) is 0 Å². The molecule has 0 aliphatic carbocycles. The number of nitrogens with zero attached hydrogens (tertiary/aromatic N) is 5. The maximum atomic E-state index is 12.8. The average Bonchev–Trinajstić information content (AvgIpc) is 2.77. The van der Waals surface area contributed by atoms with E-state index in [1.54, 1.807) is 11.2 Å². The Morgan fingerprint density at radius 3 is 2.53 bits per heavy atom. The molecule has 1 aromatic rings. The first-order valence-corrected chi connectivity index (χ1v) is 11.8. The predicted molar refractivity (Wildman–Crippen MR) is 125 cm³/mol. The lowest BCUT2D eigenvalue weighted by atomic mass is 9.93. The molecular weight excluding hydrogens is 408 g/mol. The maximum absolute atomic E-state index is 12.8. The third-order valence-corrected chi connectivity index (χ3v) is 5.90. The van der Waals surface area contributed by atoms with E-state index >= 15 is 0 Å². The lowest BCUT2D eigenvalue weighted by Gasteiger charge is -2.36. The molecule has 1 N–H and O–H groups in total. The van der Waals surface area contributed by atoms with Gasteiger partial charge in [0.2, 0.25) is 5.91 Å². The lowest BCUT2D eigenvalue weighted by molar-refractivity contribution is -0.133. The smallest absolute Gasteiger partial charge is 0.410 e. The van der Waals surface area contributed by atoms with Gasteiger partial charge < -0.3 is 24.8 Å².